The van der Waals surface area contributed by atoms with Crippen LogP contribution in [0, 0.1) is 0 Å². The van der Waals surface area contributed by atoms with E-state index >= 15 is 0 Å². The molecule has 3 N–H and O–H groups in total. The molecule has 318 valence electrons. The third kappa shape index (κ3) is 14.4. The molecular weight excluding hydrogens is 803 g/mol. The standard InChI is InChI=1S/C45H47N5O10S/c1-6-38(31-10-8-7-9-11-31)61-25-23-39(53)60-24-22-30-12-15-36(16-13-30)49-50-41(29(3)52)43(55)48-35-19-17-34(18-20-35)47-42(54)40(28(2)51)46-27-33-26-32(44(56)58-4)14-21-37(33)45(57)59-5/h7-21,26,38,52H,6,22-25,27H2,1-5H3,(H,47,54)(H,48,55). The lowest BCUT2D eigenvalue weighted by Crippen LogP contribution is -2.29. The van der Waals surface area contributed by atoms with Gasteiger partial charge in [-0.3, -0.25) is 24.2 Å². The second kappa shape index (κ2) is 23.6. The van der Waals surface area contributed by atoms with Gasteiger partial charge in [-0.1, -0.05) is 49.4 Å². The highest BCUT2D eigenvalue weighted by Crippen LogP contribution is 2.32. The molecule has 4 aromatic carbocycles. The fourth-order valence-corrected chi connectivity index (χ4v) is 6.83. The molecule has 0 fully saturated rings. The molecule has 4 aromatic rings. The van der Waals surface area contributed by atoms with Crippen LogP contribution in [0.15, 0.2) is 124 Å². The van der Waals surface area contributed by atoms with Crippen molar-refractivity contribution in [2.75, 3.05) is 37.2 Å². The van der Waals surface area contributed by atoms with Gasteiger partial charge in [0.15, 0.2) is 17.2 Å². The molecule has 0 aliphatic carbocycles. The van der Waals surface area contributed by atoms with E-state index in [1.807, 2.05) is 18.2 Å². The first-order chi connectivity index (χ1) is 29.3. The van der Waals surface area contributed by atoms with Crippen LogP contribution >= 0.6 is 11.8 Å². The maximum absolute atomic E-state index is 13.1. The second-order valence-corrected chi connectivity index (χ2v) is 14.6. The van der Waals surface area contributed by atoms with Crippen molar-refractivity contribution in [3.63, 3.8) is 0 Å². The van der Waals surface area contributed by atoms with Gasteiger partial charge in [0.25, 0.3) is 11.8 Å². The third-order valence-electron chi connectivity index (χ3n) is 8.87. The number of hydrogen-bond donors (Lipinski definition) is 3. The number of amides is 2. The zero-order valence-corrected chi connectivity index (χ0v) is 35.2. The van der Waals surface area contributed by atoms with Gasteiger partial charge in [-0.15, -0.1) is 5.11 Å². The largest absolute Gasteiger partial charge is 0.510 e. The topological polar surface area (TPSA) is 211 Å². The Morgan fingerprint density at radius 3 is 2.02 bits per heavy atom. The fourth-order valence-electron chi connectivity index (χ4n) is 5.68. The summed E-state index contributed by atoms with van der Waals surface area (Å²) in [5.74, 6) is -3.56. The Kier molecular flexibility index (Phi) is 18.1. The number of esters is 3. The molecule has 15 nitrogen and oxygen atoms in total. The van der Waals surface area contributed by atoms with Crippen LogP contribution in [-0.4, -0.2) is 72.9 Å². The second-order valence-electron chi connectivity index (χ2n) is 13.3. The lowest BCUT2D eigenvalue weighted by Gasteiger charge is -2.14. The molecule has 0 saturated carbocycles. The molecule has 61 heavy (non-hydrogen) atoms. The van der Waals surface area contributed by atoms with Crippen molar-refractivity contribution >= 4 is 70.0 Å². The fraction of sp³-hybridized carbons (Fsp3) is 0.267. The average Bonchev–Trinajstić information content (AvgIpc) is 3.26. The van der Waals surface area contributed by atoms with Gasteiger partial charge in [-0.05, 0) is 84.6 Å². The Labute approximate surface area is 357 Å². The van der Waals surface area contributed by atoms with Gasteiger partial charge in [0.1, 0.15) is 5.76 Å². The van der Waals surface area contributed by atoms with Crippen LogP contribution in [0.3, 0.4) is 0 Å². The highest BCUT2D eigenvalue weighted by molar-refractivity contribution is 7.99. The molecule has 16 heteroatoms. The number of thioether (sulfide) groups is 1. The van der Waals surface area contributed by atoms with E-state index in [9.17, 15) is 33.9 Å². The number of hydrogen-bond acceptors (Lipinski definition) is 14. The summed E-state index contributed by atoms with van der Waals surface area (Å²) in [6, 6.07) is 27.2. The van der Waals surface area contributed by atoms with Crippen LogP contribution in [0.25, 0.3) is 0 Å². The number of methoxy groups -OCH3 is 2. The van der Waals surface area contributed by atoms with Crippen LogP contribution in [-0.2, 0) is 46.4 Å². The van der Waals surface area contributed by atoms with Crippen molar-refractivity contribution in [2.24, 2.45) is 15.2 Å². The molecular formula is C45H47N5O10S. The number of nitrogens with zero attached hydrogens (tertiary/aromatic N) is 3. The summed E-state index contributed by atoms with van der Waals surface area (Å²) in [7, 11) is 2.39. The molecule has 1 unspecified atom stereocenters. The molecule has 0 heterocycles. The number of carbonyl (C=O) groups excluding carboxylic acids is 6. The zero-order valence-electron chi connectivity index (χ0n) is 34.4. The first kappa shape index (κ1) is 46.7. The number of nitrogens with one attached hydrogen (secondary N) is 2. The van der Waals surface area contributed by atoms with Gasteiger partial charge < -0.3 is 30.0 Å². The van der Waals surface area contributed by atoms with Crippen molar-refractivity contribution < 1.29 is 48.1 Å². The van der Waals surface area contributed by atoms with Gasteiger partial charge in [-0.25, -0.2) is 9.59 Å². The van der Waals surface area contributed by atoms with Crippen LogP contribution in [0.1, 0.15) is 76.3 Å². The molecule has 0 saturated heterocycles. The highest BCUT2D eigenvalue weighted by atomic mass is 32.2. The number of aliphatic imine (C=N–C) groups is 1. The van der Waals surface area contributed by atoms with Crippen molar-refractivity contribution in [1.29, 1.82) is 0 Å². The molecule has 4 rings (SSSR count). The first-order valence-electron chi connectivity index (χ1n) is 19.1. The summed E-state index contributed by atoms with van der Waals surface area (Å²) >= 11 is 1.75. The minimum atomic E-state index is -0.837. The number of ketones is 1. The lowest BCUT2D eigenvalue weighted by atomic mass is 10.0. The van der Waals surface area contributed by atoms with E-state index in [0.717, 1.165) is 18.9 Å². The monoisotopic (exact) mass is 849 g/mol. The molecule has 0 radical (unpaired) electrons. The number of ether oxygens (including phenoxy) is 3. The Hall–Kier alpha value is -6.94. The summed E-state index contributed by atoms with van der Waals surface area (Å²) in [4.78, 5) is 79.4. The zero-order chi connectivity index (χ0) is 44.3. The van der Waals surface area contributed by atoms with Crippen LogP contribution in [0.5, 0.6) is 0 Å². The summed E-state index contributed by atoms with van der Waals surface area (Å²) < 4.78 is 15.0. The quantitative estimate of drug-likeness (QED) is 0.0146. The number of azo groups is 1. The molecule has 0 bridgehead atoms. The number of carbonyl (C=O) groups is 6. The third-order valence-corrected chi connectivity index (χ3v) is 10.3. The smallest absolute Gasteiger partial charge is 0.338 e. The Balaban J connectivity index is 1.28. The minimum absolute atomic E-state index is 0.0863. The van der Waals surface area contributed by atoms with Gasteiger partial charge in [0, 0.05) is 35.7 Å². The lowest BCUT2D eigenvalue weighted by molar-refractivity contribution is -0.143. The Morgan fingerprint density at radius 2 is 1.43 bits per heavy atom. The maximum atomic E-state index is 13.1. The molecule has 0 aliphatic rings. The van der Waals surface area contributed by atoms with Crippen molar-refractivity contribution in [3.8, 4) is 0 Å². The van der Waals surface area contributed by atoms with E-state index in [1.165, 1.54) is 69.2 Å². The predicted molar refractivity (Wildman–Crippen MR) is 232 cm³/mol. The van der Waals surface area contributed by atoms with Gasteiger partial charge in [0.05, 0.1) is 50.6 Å². The number of benzene rings is 4. The van der Waals surface area contributed by atoms with E-state index in [-0.39, 0.29) is 53.0 Å². The van der Waals surface area contributed by atoms with Gasteiger partial charge in [-0.2, -0.15) is 16.9 Å². The molecule has 0 aliphatic heterocycles. The average molecular weight is 850 g/mol. The predicted octanol–water partition coefficient (Wildman–Crippen LogP) is 8.30. The maximum Gasteiger partial charge on any atom is 0.338 e. The number of allylic oxidation sites excluding steroid dienone is 1. The summed E-state index contributed by atoms with van der Waals surface area (Å²) in [5, 5.41) is 23.8. The van der Waals surface area contributed by atoms with Gasteiger partial charge >= 0.3 is 17.9 Å². The minimum Gasteiger partial charge on any atom is -0.510 e. The molecule has 2 amide bonds. The summed E-state index contributed by atoms with van der Waals surface area (Å²) in [5.41, 5.74) is 2.78. The van der Waals surface area contributed by atoms with Crippen LogP contribution in [0.2, 0.25) is 0 Å². The van der Waals surface area contributed by atoms with E-state index in [2.05, 4.69) is 44.9 Å². The Bertz CT molecular complexity index is 2290. The molecule has 1 atom stereocenters. The summed E-state index contributed by atoms with van der Waals surface area (Å²) in [6.07, 6.45) is 1.80. The number of aliphatic hydroxyl groups excluding tert-OH is 1. The van der Waals surface area contributed by atoms with E-state index < -0.39 is 35.2 Å². The molecule has 0 aromatic heterocycles. The first-order valence-corrected chi connectivity index (χ1v) is 20.2. The summed E-state index contributed by atoms with van der Waals surface area (Å²) in [6.45, 7) is 4.50. The highest BCUT2D eigenvalue weighted by Gasteiger charge is 2.20. The van der Waals surface area contributed by atoms with Crippen molar-refractivity contribution in [1.82, 2.24) is 0 Å². The molecule has 0 spiro atoms. The van der Waals surface area contributed by atoms with E-state index in [4.69, 9.17) is 14.2 Å². The van der Waals surface area contributed by atoms with Crippen molar-refractivity contribution in [2.45, 2.75) is 51.8 Å². The normalized spacial score (nSPS) is 12.2. The van der Waals surface area contributed by atoms with Crippen LogP contribution < -0.4 is 10.6 Å². The van der Waals surface area contributed by atoms with Crippen LogP contribution in [0.4, 0.5) is 17.1 Å². The number of rotatable bonds is 20. The van der Waals surface area contributed by atoms with E-state index in [1.54, 1.807) is 36.0 Å². The van der Waals surface area contributed by atoms with E-state index in [0.29, 0.717) is 35.2 Å². The SMILES string of the molecule is CCC(SCCC(=O)OCCc1ccc(N=NC(C(=O)Nc2ccc(NC(=O)C(=NCc3cc(C(=O)OC)ccc3C(=O)OC)C(C)=O)cc2)=C(C)O)cc1)c1ccccc1. The van der Waals surface area contributed by atoms with Gasteiger partial charge in [0.2, 0.25) is 0 Å². The Morgan fingerprint density at radius 1 is 0.787 bits per heavy atom. The number of anilines is 2. The van der Waals surface area contributed by atoms with Crippen molar-refractivity contribution in [3.05, 3.63) is 136 Å². The number of aliphatic hydroxyl groups is 1. The number of Topliss-reactive ketones (excluding diaryl/α,β-unsaturated/α-hetero) is 1.